The molecule has 0 aliphatic heterocycles. The molecular weight excluding hydrogens is 276 g/mol. The molecule has 4 heteroatoms. The second-order valence-corrected chi connectivity index (χ2v) is 5.25. The fourth-order valence-electron chi connectivity index (χ4n) is 1.97. The van der Waals surface area contributed by atoms with Crippen LogP contribution in [0, 0.1) is 0 Å². The number of carboxylic acids is 1. The van der Waals surface area contributed by atoms with E-state index in [0.717, 1.165) is 29.7 Å². The molecule has 1 aliphatic rings. The summed E-state index contributed by atoms with van der Waals surface area (Å²) in [5.74, 6) is -0.172. The van der Waals surface area contributed by atoms with Gasteiger partial charge in [0.25, 0.3) is 0 Å². The molecule has 20 heavy (non-hydrogen) atoms. The summed E-state index contributed by atoms with van der Waals surface area (Å²) < 4.78 is 5.68. The third-order valence-corrected chi connectivity index (χ3v) is 3.54. The second-order valence-electron chi connectivity index (χ2n) is 4.84. The SMILES string of the molecule is O=C(O)c1cc(-c2ccc(OC3CC3)cc2)ccc1Cl. The number of rotatable bonds is 4. The highest BCUT2D eigenvalue weighted by atomic mass is 35.5. The van der Waals surface area contributed by atoms with Crippen LogP contribution < -0.4 is 4.74 Å². The summed E-state index contributed by atoms with van der Waals surface area (Å²) in [6.07, 6.45) is 2.62. The smallest absolute Gasteiger partial charge is 0.337 e. The summed E-state index contributed by atoms with van der Waals surface area (Å²) in [6.45, 7) is 0. The Morgan fingerprint density at radius 2 is 1.75 bits per heavy atom. The van der Waals surface area contributed by atoms with Crippen molar-refractivity contribution in [2.75, 3.05) is 0 Å². The van der Waals surface area contributed by atoms with Gasteiger partial charge in [-0.2, -0.15) is 0 Å². The summed E-state index contributed by atoms with van der Waals surface area (Å²) in [4.78, 5) is 11.1. The van der Waals surface area contributed by atoms with Crippen molar-refractivity contribution in [1.29, 1.82) is 0 Å². The molecule has 1 aliphatic carbocycles. The van der Waals surface area contributed by atoms with E-state index in [1.807, 2.05) is 30.3 Å². The van der Waals surface area contributed by atoms with Crippen molar-refractivity contribution < 1.29 is 14.6 Å². The number of hydrogen-bond acceptors (Lipinski definition) is 2. The van der Waals surface area contributed by atoms with Gasteiger partial charge in [0.15, 0.2) is 0 Å². The minimum atomic E-state index is -1.02. The van der Waals surface area contributed by atoms with Crippen LogP contribution in [0.4, 0.5) is 0 Å². The lowest BCUT2D eigenvalue weighted by Crippen LogP contribution is -1.98. The van der Waals surface area contributed by atoms with Crippen molar-refractivity contribution in [3.05, 3.63) is 53.1 Å². The summed E-state index contributed by atoms with van der Waals surface area (Å²) in [6, 6.07) is 12.7. The van der Waals surface area contributed by atoms with E-state index in [4.69, 9.17) is 21.4 Å². The van der Waals surface area contributed by atoms with E-state index in [-0.39, 0.29) is 10.6 Å². The van der Waals surface area contributed by atoms with Gasteiger partial charge in [0.05, 0.1) is 16.7 Å². The van der Waals surface area contributed by atoms with E-state index in [2.05, 4.69) is 0 Å². The molecule has 1 saturated carbocycles. The van der Waals surface area contributed by atoms with E-state index < -0.39 is 5.97 Å². The minimum Gasteiger partial charge on any atom is -0.490 e. The summed E-state index contributed by atoms with van der Waals surface area (Å²) in [7, 11) is 0. The molecule has 0 aromatic heterocycles. The molecule has 2 aromatic carbocycles. The van der Waals surface area contributed by atoms with Gasteiger partial charge in [-0.15, -0.1) is 0 Å². The van der Waals surface area contributed by atoms with E-state index >= 15 is 0 Å². The third kappa shape index (κ3) is 2.78. The van der Waals surface area contributed by atoms with Gasteiger partial charge in [0.1, 0.15) is 5.75 Å². The van der Waals surface area contributed by atoms with Crippen molar-refractivity contribution in [1.82, 2.24) is 0 Å². The Labute approximate surface area is 121 Å². The topological polar surface area (TPSA) is 46.5 Å². The normalized spacial score (nSPS) is 14.1. The van der Waals surface area contributed by atoms with Gasteiger partial charge >= 0.3 is 5.97 Å². The average molecular weight is 289 g/mol. The molecule has 3 nitrogen and oxygen atoms in total. The number of aromatic carboxylic acids is 1. The predicted molar refractivity (Wildman–Crippen MR) is 77.5 cm³/mol. The Hall–Kier alpha value is -2.00. The van der Waals surface area contributed by atoms with Gasteiger partial charge in [-0.25, -0.2) is 4.79 Å². The van der Waals surface area contributed by atoms with Crippen molar-refractivity contribution in [2.45, 2.75) is 18.9 Å². The molecule has 3 rings (SSSR count). The van der Waals surface area contributed by atoms with Crippen LogP contribution in [0.3, 0.4) is 0 Å². The second kappa shape index (κ2) is 5.17. The van der Waals surface area contributed by atoms with Crippen molar-refractivity contribution >= 4 is 17.6 Å². The number of carboxylic acid groups (broad SMARTS) is 1. The first-order chi connectivity index (χ1) is 9.63. The maximum atomic E-state index is 11.1. The van der Waals surface area contributed by atoms with E-state index in [9.17, 15) is 4.79 Å². The van der Waals surface area contributed by atoms with Gasteiger partial charge in [-0.1, -0.05) is 29.8 Å². The zero-order valence-corrected chi connectivity index (χ0v) is 11.4. The van der Waals surface area contributed by atoms with Crippen LogP contribution in [0.5, 0.6) is 5.75 Å². The first-order valence-electron chi connectivity index (χ1n) is 6.43. The van der Waals surface area contributed by atoms with Crippen LogP contribution in [0.1, 0.15) is 23.2 Å². The number of benzene rings is 2. The number of ether oxygens (including phenoxy) is 1. The fraction of sp³-hybridized carbons (Fsp3) is 0.188. The quantitative estimate of drug-likeness (QED) is 0.915. The zero-order valence-electron chi connectivity index (χ0n) is 10.7. The van der Waals surface area contributed by atoms with Crippen LogP contribution >= 0.6 is 11.6 Å². The van der Waals surface area contributed by atoms with Gasteiger partial charge in [0, 0.05) is 0 Å². The lowest BCUT2D eigenvalue weighted by atomic mass is 10.0. The molecule has 102 valence electrons. The van der Waals surface area contributed by atoms with E-state index in [1.54, 1.807) is 12.1 Å². The van der Waals surface area contributed by atoms with E-state index in [0.29, 0.717) is 6.10 Å². The Morgan fingerprint density at radius 1 is 1.10 bits per heavy atom. The van der Waals surface area contributed by atoms with Crippen LogP contribution in [0.15, 0.2) is 42.5 Å². The average Bonchev–Trinajstić information content (AvgIpc) is 3.24. The molecular formula is C16H13ClO3. The van der Waals surface area contributed by atoms with Crippen molar-refractivity contribution in [2.24, 2.45) is 0 Å². The lowest BCUT2D eigenvalue weighted by molar-refractivity contribution is 0.0697. The monoisotopic (exact) mass is 288 g/mol. The molecule has 0 amide bonds. The predicted octanol–water partition coefficient (Wildman–Crippen LogP) is 4.25. The molecule has 0 radical (unpaired) electrons. The number of halogens is 1. The Morgan fingerprint density at radius 3 is 2.35 bits per heavy atom. The summed E-state index contributed by atoms with van der Waals surface area (Å²) >= 11 is 5.87. The lowest BCUT2D eigenvalue weighted by Gasteiger charge is -2.07. The van der Waals surface area contributed by atoms with Crippen molar-refractivity contribution in [3.8, 4) is 16.9 Å². The third-order valence-electron chi connectivity index (χ3n) is 3.21. The number of hydrogen-bond donors (Lipinski definition) is 1. The molecule has 0 saturated heterocycles. The molecule has 1 fully saturated rings. The molecule has 0 unspecified atom stereocenters. The Balaban J connectivity index is 1.87. The highest BCUT2D eigenvalue weighted by Gasteiger charge is 2.23. The molecule has 0 heterocycles. The van der Waals surface area contributed by atoms with Gasteiger partial charge in [-0.3, -0.25) is 0 Å². The highest BCUT2D eigenvalue weighted by Crippen LogP contribution is 2.30. The molecule has 0 bridgehead atoms. The summed E-state index contributed by atoms with van der Waals surface area (Å²) in [5, 5.41) is 9.33. The molecule has 2 aromatic rings. The maximum absolute atomic E-state index is 11.1. The van der Waals surface area contributed by atoms with Gasteiger partial charge in [-0.05, 0) is 48.2 Å². The highest BCUT2D eigenvalue weighted by molar-refractivity contribution is 6.33. The summed E-state index contributed by atoms with van der Waals surface area (Å²) in [5.41, 5.74) is 1.87. The van der Waals surface area contributed by atoms with Gasteiger partial charge < -0.3 is 9.84 Å². The van der Waals surface area contributed by atoms with E-state index in [1.165, 1.54) is 0 Å². The largest absolute Gasteiger partial charge is 0.490 e. The van der Waals surface area contributed by atoms with Crippen LogP contribution in [0.25, 0.3) is 11.1 Å². The Bertz CT molecular complexity index is 645. The Kier molecular flexibility index (Phi) is 3.36. The minimum absolute atomic E-state index is 0.113. The molecule has 1 N–H and O–H groups in total. The first kappa shape index (κ1) is 13.0. The maximum Gasteiger partial charge on any atom is 0.337 e. The van der Waals surface area contributed by atoms with Crippen LogP contribution in [-0.2, 0) is 0 Å². The standard InChI is InChI=1S/C16H13ClO3/c17-15-8-3-11(9-14(15)16(18)19)10-1-4-12(5-2-10)20-13-6-7-13/h1-5,8-9,13H,6-7H2,(H,18,19). The van der Waals surface area contributed by atoms with Crippen LogP contribution in [0.2, 0.25) is 5.02 Å². The number of carbonyl (C=O) groups is 1. The van der Waals surface area contributed by atoms with Crippen LogP contribution in [-0.4, -0.2) is 17.2 Å². The zero-order chi connectivity index (χ0) is 14.1. The van der Waals surface area contributed by atoms with Gasteiger partial charge in [0.2, 0.25) is 0 Å². The fourth-order valence-corrected chi connectivity index (χ4v) is 2.17. The van der Waals surface area contributed by atoms with Crippen molar-refractivity contribution in [3.63, 3.8) is 0 Å². The molecule has 0 spiro atoms. The first-order valence-corrected chi connectivity index (χ1v) is 6.81. The molecule has 0 atom stereocenters.